The van der Waals surface area contributed by atoms with Gasteiger partial charge in [0.25, 0.3) is 0 Å². The molecule has 0 fully saturated rings. The normalized spacial score (nSPS) is 10.5. The standard InChI is InChI=1S/C20H22N4/c1-13-8-5-6-11-17(13)22-20-21-16(4)12-18(24-20)23-19-14(2)9-7-10-15(19)3/h5-12H,1-4H3,(H2,21,22,23,24). The predicted octanol–water partition coefficient (Wildman–Crippen LogP) is 5.20. The average molecular weight is 318 g/mol. The van der Waals surface area contributed by atoms with Gasteiger partial charge in [0.15, 0.2) is 0 Å². The van der Waals surface area contributed by atoms with Gasteiger partial charge >= 0.3 is 0 Å². The summed E-state index contributed by atoms with van der Waals surface area (Å²) in [6.07, 6.45) is 0. The Labute approximate surface area is 143 Å². The van der Waals surface area contributed by atoms with E-state index in [1.807, 2.05) is 31.2 Å². The molecule has 0 aliphatic carbocycles. The van der Waals surface area contributed by atoms with Gasteiger partial charge < -0.3 is 10.6 Å². The van der Waals surface area contributed by atoms with Crippen LogP contribution >= 0.6 is 0 Å². The molecule has 3 aromatic rings. The Morgan fingerprint density at radius 2 is 1.38 bits per heavy atom. The minimum atomic E-state index is 0.595. The molecule has 0 saturated carbocycles. The van der Waals surface area contributed by atoms with Crippen LogP contribution in [-0.2, 0) is 0 Å². The van der Waals surface area contributed by atoms with E-state index in [1.165, 1.54) is 11.1 Å². The molecule has 0 spiro atoms. The summed E-state index contributed by atoms with van der Waals surface area (Å²) in [6, 6.07) is 16.3. The number of aromatic nitrogens is 2. The maximum atomic E-state index is 4.61. The molecule has 122 valence electrons. The van der Waals surface area contributed by atoms with Gasteiger partial charge in [-0.3, -0.25) is 0 Å². The highest BCUT2D eigenvalue weighted by atomic mass is 15.1. The number of nitrogens with one attached hydrogen (secondary N) is 2. The van der Waals surface area contributed by atoms with E-state index in [4.69, 9.17) is 0 Å². The van der Waals surface area contributed by atoms with E-state index in [0.717, 1.165) is 28.5 Å². The third-order valence-electron chi connectivity index (χ3n) is 3.98. The second-order valence-electron chi connectivity index (χ2n) is 6.05. The van der Waals surface area contributed by atoms with Crippen molar-refractivity contribution >= 4 is 23.1 Å². The molecule has 0 radical (unpaired) electrons. The molecule has 0 amide bonds. The fourth-order valence-corrected chi connectivity index (χ4v) is 2.66. The van der Waals surface area contributed by atoms with Crippen LogP contribution in [0.5, 0.6) is 0 Å². The van der Waals surface area contributed by atoms with Gasteiger partial charge in [0.1, 0.15) is 5.82 Å². The Kier molecular flexibility index (Phi) is 4.47. The summed E-state index contributed by atoms with van der Waals surface area (Å²) in [5, 5.41) is 6.74. The molecule has 0 saturated heterocycles. The summed E-state index contributed by atoms with van der Waals surface area (Å²) < 4.78 is 0. The number of rotatable bonds is 4. The van der Waals surface area contributed by atoms with Gasteiger partial charge in [0, 0.05) is 23.1 Å². The Hall–Kier alpha value is -2.88. The molecular formula is C20H22N4. The van der Waals surface area contributed by atoms with Gasteiger partial charge in [-0.15, -0.1) is 0 Å². The molecule has 1 heterocycles. The first-order valence-electron chi connectivity index (χ1n) is 8.04. The Morgan fingerprint density at radius 1 is 0.708 bits per heavy atom. The van der Waals surface area contributed by atoms with Crippen molar-refractivity contribution in [1.29, 1.82) is 0 Å². The largest absolute Gasteiger partial charge is 0.340 e. The van der Waals surface area contributed by atoms with Crippen molar-refractivity contribution in [2.45, 2.75) is 27.7 Å². The van der Waals surface area contributed by atoms with Crippen LogP contribution in [0.15, 0.2) is 48.5 Å². The summed E-state index contributed by atoms with van der Waals surface area (Å²) in [5.41, 5.74) is 6.57. The zero-order valence-corrected chi connectivity index (χ0v) is 14.5. The highest BCUT2D eigenvalue weighted by Gasteiger charge is 2.07. The molecule has 4 nitrogen and oxygen atoms in total. The zero-order chi connectivity index (χ0) is 17.1. The Bertz CT molecular complexity index is 851. The van der Waals surface area contributed by atoms with Crippen molar-refractivity contribution in [3.63, 3.8) is 0 Å². The number of hydrogen-bond acceptors (Lipinski definition) is 4. The van der Waals surface area contributed by atoms with E-state index < -0.39 is 0 Å². The van der Waals surface area contributed by atoms with Crippen molar-refractivity contribution in [2.75, 3.05) is 10.6 Å². The van der Waals surface area contributed by atoms with Crippen LogP contribution in [-0.4, -0.2) is 9.97 Å². The number of para-hydroxylation sites is 2. The number of nitrogens with zero attached hydrogens (tertiary/aromatic N) is 2. The van der Waals surface area contributed by atoms with Crippen LogP contribution in [0.1, 0.15) is 22.4 Å². The lowest BCUT2D eigenvalue weighted by Gasteiger charge is -2.14. The molecular weight excluding hydrogens is 296 g/mol. The second kappa shape index (κ2) is 6.71. The Balaban J connectivity index is 1.91. The predicted molar refractivity (Wildman–Crippen MR) is 100 cm³/mol. The van der Waals surface area contributed by atoms with Crippen molar-refractivity contribution in [3.05, 3.63) is 70.9 Å². The third-order valence-corrected chi connectivity index (χ3v) is 3.98. The van der Waals surface area contributed by atoms with Gasteiger partial charge in [-0.25, -0.2) is 4.98 Å². The SMILES string of the molecule is Cc1cc(Nc2c(C)cccc2C)nc(Nc2ccccc2C)n1. The van der Waals surface area contributed by atoms with Crippen LogP contribution in [0.3, 0.4) is 0 Å². The monoisotopic (exact) mass is 318 g/mol. The van der Waals surface area contributed by atoms with Crippen LogP contribution in [0.2, 0.25) is 0 Å². The van der Waals surface area contributed by atoms with E-state index in [2.05, 4.69) is 65.6 Å². The maximum absolute atomic E-state index is 4.61. The maximum Gasteiger partial charge on any atom is 0.229 e. The molecule has 24 heavy (non-hydrogen) atoms. The first kappa shape index (κ1) is 16.0. The summed E-state index contributed by atoms with van der Waals surface area (Å²) in [7, 11) is 0. The van der Waals surface area contributed by atoms with E-state index in [-0.39, 0.29) is 0 Å². The van der Waals surface area contributed by atoms with E-state index >= 15 is 0 Å². The second-order valence-corrected chi connectivity index (χ2v) is 6.05. The van der Waals surface area contributed by atoms with Gasteiger partial charge in [-0.05, 0) is 50.5 Å². The van der Waals surface area contributed by atoms with Gasteiger partial charge in [0.2, 0.25) is 5.95 Å². The van der Waals surface area contributed by atoms with E-state index in [1.54, 1.807) is 0 Å². The number of anilines is 4. The lowest BCUT2D eigenvalue weighted by molar-refractivity contribution is 1.10. The number of aryl methyl sites for hydroxylation is 4. The van der Waals surface area contributed by atoms with Crippen molar-refractivity contribution in [2.24, 2.45) is 0 Å². The molecule has 0 bridgehead atoms. The summed E-state index contributed by atoms with van der Waals surface area (Å²) in [5.74, 6) is 1.38. The molecule has 4 heteroatoms. The number of benzene rings is 2. The lowest BCUT2D eigenvalue weighted by atomic mass is 10.1. The van der Waals surface area contributed by atoms with Crippen LogP contribution < -0.4 is 10.6 Å². The summed E-state index contributed by atoms with van der Waals surface area (Å²) in [4.78, 5) is 9.11. The summed E-state index contributed by atoms with van der Waals surface area (Å²) in [6.45, 7) is 8.22. The molecule has 0 atom stereocenters. The summed E-state index contributed by atoms with van der Waals surface area (Å²) >= 11 is 0. The average Bonchev–Trinajstić information content (AvgIpc) is 2.53. The van der Waals surface area contributed by atoms with Crippen LogP contribution in [0.4, 0.5) is 23.1 Å². The fraction of sp³-hybridized carbons (Fsp3) is 0.200. The van der Waals surface area contributed by atoms with E-state index in [9.17, 15) is 0 Å². The van der Waals surface area contributed by atoms with Crippen LogP contribution in [0, 0.1) is 27.7 Å². The highest BCUT2D eigenvalue weighted by molar-refractivity contribution is 5.66. The molecule has 2 aromatic carbocycles. The van der Waals surface area contributed by atoms with Gasteiger partial charge in [-0.2, -0.15) is 4.98 Å². The van der Waals surface area contributed by atoms with E-state index in [0.29, 0.717) is 5.95 Å². The first-order chi connectivity index (χ1) is 11.5. The van der Waals surface area contributed by atoms with Crippen molar-refractivity contribution in [3.8, 4) is 0 Å². The minimum absolute atomic E-state index is 0.595. The number of hydrogen-bond donors (Lipinski definition) is 2. The third kappa shape index (κ3) is 3.54. The van der Waals surface area contributed by atoms with Crippen molar-refractivity contribution < 1.29 is 0 Å². The smallest absolute Gasteiger partial charge is 0.229 e. The minimum Gasteiger partial charge on any atom is -0.340 e. The first-order valence-corrected chi connectivity index (χ1v) is 8.04. The lowest BCUT2D eigenvalue weighted by Crippen LogP contribution is -2.04. The zero-order valence-electron chi connectivity index (χ0n) is 14.5. The molecule has 3 rings (SSSR count). The fourth-order valence-electron chi connectivity index (χ4n) is 2.66. The molecule has 0 aliphatic heterocycles. The molecule has 0 unspecified atom stereocenters. The highest BCUT2D eigenvalue weighted by Crippen LogP contribution is 2.25. The topological polar surface area (TPSA) is 49.8 Å². The van der Waals surface area contributed by atoms with Crippen molar-refractivity contribution in [1.82, 2.24) is 9.97 Å². The Morgan fingerprint density at radius 3 is 2.08 bits per heavy atom. The molecule has 0 aliphatic rings. The van der Waals surface area contributed by atoms with Gasteiger partial charge in [0.05, 0.1) is 0 Å². The van der Waals surface area contributed by atoms with Gasteiger partial charge in [-0.1, -0.05) is 36.4 Å². The van der Waals surface area contributed by atoms with Crippen LogP contribution in [0.25, 0.3) is 0 Å². The molecule has 2 N–H and O–H groups in total. The quantitative estimate of drug-likeness (QED) is 0.694. The molecule has 1 aromatic heterocycles.